The van der Waals surface area contributed by atoms with Crippen molar-refractivity contribution in [2.75, 3.05) is 13.2 Å². The van der Waals surface area contributed by atoms with Gasteiger partial charge in [-0.1, -0.05) is 18.2 Å². The van der Waals surface area contributed by atoms with Crippen molar-refractivity contribution >= 4 is 11.9 Å². The topological polar surface area (TPSA) is 54.0 Å². The Kier molecular flexibility index (Phi) is 7.16. The van der Waals surface area contributed by atoms with Gasteiger partial charge in [0.2, 0.25) is 0 Å². The van der Waals surface area contributed by atoms with Gasteiger partial charge in [-0.15, -0.1) is 0 Å². The first-order valence-corrected chi connectivity index (χ1v) is 10.8. The molecule has 2 saturated heterocycles. The van der Waals surface area contributed by atoms with Crippen molar-refractivity contribution in [2.45, 2.75) is 51.1 Å². The smallest absolute Gasteiger partial charge is 0.199 e. The van der Waals surface area contributed by atoms with Crippen molar-refractivity contribution in [1.82, 2.24) is 0 Å². The van der Waals surface area contributed by atoms with Gasteiger partial charge in [-0.25, -0.2) is 0 Å². The third kappa shape index (κ3) is 5.94. The van der Waals surface area contributed by atoms with Crippen molar-refractivity contribution in [3.8, 4) is 11.5 Å². The molecule has 5 heteroatoms. The van der Waals surface area contributed by atoms with Gasteiger partial charge >= 0.3 is 0 Å². The van der Waals surface area contributed by atoms with E-state index in [-0.39, 0.29) is 18.4 Å². The molecule has 0 amide bonds. The molecule has 0 spiro atoms. The number of allylic oxidation sites excluding steroid dienone is 1. The molecule has 158 valence electrons. The molecule has 2 aliphatic heterocycles. The fourth-order valence-corrected chi connectivity index (χ4v) is 3.54. The molecule has 5 nitrogen and oxygen atoms in total. The molecule has 2 fully saturated rings. The lowest BCUT2D eigenvalue weighted by atomic mass is 10.1. The summed E-state index contributed by atoms with van der Waals surface area (Å²) in [6.07, 6.45) is 9.32. The van der Waals surface area contributed by atoms with Crippen LogP contribution in [0.15, 0.2) is 54.6 Å². The summed E-state index contributed by atoms with van der Waals surface area (Å²) in [5.74, 6) is 1.45. The van der Waals surface area contributed by atoms with Crippen molar-refractivity contribution in [3.63, 3.8) is 0 Å². The van der Waals surface area contributed by atoms with Crippen LogP contribution in [-0.4, -0.2) is 31.6 Å². The van der Waals surface area contributed by atoms with Crippen LogP contribution in [0.5, 0.6) is 11.5 Å². The van der Waals surface area contributed by atoms with Crippen molar-refractivity contribution in [1.29, 1.82) is 0 Å². The second-order valence-corrected chi connectivity index (χ2v) is 7.62. The number of carbonyl (C=O) groups is 1. The standard InChI is InChI=1S/C25H28O5/c26-23(20-10-14-22(15-11-20)30-25-6-2-4-18-28-25)16-9-19-7-12-21(13-8-19)29-24-5-1-3-17-27-24/h7-16,24-25H,1-6,17-18H2. The summed E-state index contributed by atoms with van der Waals surface area (Å²) in [7, 11) is 0. The van der Waals surface area contributed by atoms with Crippen molar-refractivity contribution in [3.05, 3.63) is 65.7 Å². The van der Waals surface area contributed by atoms with Gasteiger partial charge < -0.3 is 18.9 Å². The molecule has 0 saturated carbocycles. The molecule has 0 N–H and O–H groups in total. The molecule has 2 atom stereocenters. The predicted molar refractivity (Wildman–Crippen MR) is 115 cm³/mol. The van der Waals surface area contributed by atoms with Crippen LogP contribution in [0.1, 0.15) is 54.4 Å². The third-order valence-corrected chi connectivity index (χ3v) is 5.26. The van der Waals surface area contributed by atoms with E-state index in [1.54, 1.807) is 18.2 Å². The maximum atomic E-state index is 12.5. The number of hydrogen-bond donors (Lipinski definition) is 0. The number of rotatable bonds is 7. The maximum absolute atomic E-state index is 12.5. The Labute approximate surface area is 177 Å². The SMILES string of the molecule is O=C(C=Cc1ccc(OC2CCCCO2)cc1)c1ccc(OC2CCCCO2)cc1. The Morgan fingerprint density at radius 1 is 0.767 bits per heavy atom. The van der Waals surface area contributed by atoms with Gasteiger partial charge in [0.15, 0.2) is 18.4 Å². The number of ether oxygens (including phenoxy) is 4. The Hall–Kier alpha value is -2.63. The second kappa shape index (κ2) is 10.4. The van der Waals surface area contributed by atoms with Crippen LogP contribution in [0.25, 0.3) is 6.08 Å². The summed E-state index contributed by atoms with van der Waals surface area (Å²) in [4.78, 5) is 12.5. The summed E-state index contributed by atoms with van der Waals surface area (Å²) in [6, 6.07) is 14.9. The highest BCUT2D eigenvalue weighted by molar-refractivity contribution is 6.06. The Bertz CT molecular complexity index is 829. The minimum Gasteiger partial charge on any atom is -0.465 e. The Morgan fingerprint density at radius 2 is 1.30 bits per heavy atom. The Balaban J connectivity index is 1.29. The number of carbonyl (C=O) groups excluding carboxylic acids is 1. The van der Waals surface area contributed by atoms with Crippen LogP contribution in [0.4, 0.5) is 0 Å². The summed E-state index contributed by atoms with van der Waals surface area (Å²) >= 11 is 0. The van der Waals surface area contributed by atoms with E-state index in [2.05, 4.69) is 0 Å². The van der Waals surface area contributed by atoms with Gasteiger partial charge in [-0.05, 0) is 73.7 Å². The molecule has 2 heterocycles. The van der Waals surface area contributed by atoms with E-state index >= 15 is 0 Å². The predicted octanol–water partition coefficient (Wildman–Crippen LogP) is 5.39. The molecular weight excluding hydrogens is 380 g/mol. The molecule has 0 radical (unpaired) electrons. The maximum Gasteiger partial charge on any atom is 0.199 e. The average Bonchev–Trinajstić information content (AvgIpc) is 2.80. The zero-order valence-corrected chi connectivity index (χ0v) is 17.1. The zero-order chi connectivity index (χ0) is 20.6. The van der Waals surface area contributed by atoms with Crippen LogP contribution in [-0.2, 0) is 9.47 Å². The molecular formula is C25H28O5. The molecule has 0 aromatic heterocycles. The van der Waals surface area contributed by atoms with Gasteiger partial charge in [-0.3, -0.25) is 4.79 Å². The highest BCUT2D eigenvalue weighted by Gasteiger charge is 2.16. The van der Waals surface area contributed by atoms with Gasteiger partial charge in [0, 0.05) is 18.4 Å². The largest absolute Gasteiger partial charge is 0.465 e. The van der Waals surface area contributed by atoms with Crippen LogP contribution in [0.3, 0.4) is 0 Å². The molecule has 2 aromatic carbocycles. The van der Waals surface area contributed by atoms with E-state index in [0.29, 0.717) is 5.56 Å². The summed E-state index contributed by atoms with van der Waals surface area (Å²) < 4.78 is 22.8. The fourth-order valence-electron chi connectivity index (χ4n) is 3.54. The second-order valence-electron chi connectivity index (χ2n) is 7.62. The van der Waals surface area contributed by atoms with E-state index in [4.69, 9.17) is 18.9 Å². The minimum atomic E-state index is -0.183. The van der Waals surface area contributed by atoms with Gasteiger partial charge in [0.25, 0.3) is 0 Å². The summed E-state index contributed by atoms with van der Waals surface area (Å²) in [6.45, 7) is 1.50. The van der Waals surface area contributed by atoms with Crippen LogP contribution < -0.4 is 9.47 Å². The van der Waals surface area contributed by atoms with Gasteiger partial charge in [0.05, 0.1) is 13.2 Å². The summed E-state index contributed by atoms with van der Waals surface area (Å²) in [5, 5.41) is 0. The normalized spacial score (nSPS) is 22.0. The number of benzene rings is 2. The monoisotopic (exact) mass is 408 g/mol. The number of hydrogen-bond acceptors (Lipinski definition) is 5. The van der Waals surface area contributed by atoms with E-state index in [9.17, 15) is 4.79 Å². The molecule has 0 bridgehead atoms. The Morgan fingerprint density at radius 3 is 1.80 bits per heavy atom. The van der Waals surface area contributed by atoms with E-state index in [0.717, 1.165) is 68.8 Å². The van der Waals surface area contributed by atoms with E-state index in [1.807, 2.05) is 42.5 Å². The average molecular weight is 408 g/mol. The number of ketones is 1. The molecule has 2 aliphatic rings. The lowest BCUT2D eigenvalue weighted by molar-refractivity contribution is -0.106. The fraction of sp³-hybridized carbons (Fsp3) is 0.400. The van der Waals surface area contributed by atoms with Gasteiger partial charge in [-0.2, -0.15) is 0 Å². The first-order chi connectivity index (χ1) is 14.8. The molecule has 30 heavy (non-hydrogen) atoms. The van der Waals surface area contributed by atoms with Crippen LogP contribution in [0.2, 0.25) is 0 Å². The van der Waals surface area contributed by atoms with E-state index in [1.165, 1.54) is 0 Å². The first-order valence-electron chi connectivity index (χ1n) is 10.8. The quantitative estimate of drug-likeness (QED) is 0.454. The van der Waals surface area contributed by atoms with E-state index < -0.39 is 0 Å². The summed E-state index contributed by atoms with van der Waals surface area (Å²) in [5.41, 5.74) is 1.56. The third-order valence-electron chi connectivity index (χ3n) is 5.26. The molecule has 4 rings (SSSR count). The molecule has 2 aromatic rings. The lowest BCUT2D eigenvalue weighted by Crippen LogP contribution is -2.24. The zero-order valence-electron chi connectivity index (χ0n) is 17.1. The van der Waals surface area contributed by atoms with Crippen molar-refractivity contribution in [2.24, 2.45) is 0 Å². The van der Waals surface area contributed by atoms with Crippen LogP contribution >= 0.6 is 0 Å². The van der Waals surface area contributed by atoms with Crippen molar-refractivity contribution < 1.29 is 23.7 Å². The molecule has 0 aliphatic carbocycles. The lowest BCUT2D eigenvalue weighted by Gasteiger charge is -2.23. The first kappa shape index (κ1) is 20.6. The molecule has 2 unspecified atom stereocenters. The highest BCUT2D eigenvalue weighted by atomic mass is 16.7. The highest BCUT2D eigenvalue weighted by Crippen LogP contribution is 2.21. The van der Waals surface area contributed by atoms with Crippen LogP contribution in [0, 0.1) is 0 Å². The minimum absolute atomic E-state index is 0.0496. The van der Waals surface area contributed by atoms with Gasteiger partial charge in [0.1, 0.15) is 11.5 Å².